The Morgan fingerprint density at radius 3 is 3.35 bits per heavy atom. The molecule has 1 aromatic rings. The van der Waals surface area contributed by atoms with Crippen LogP contribution in [0.15, 0.2) is 24.9 Å². The van der Waals surface area contributed by atoms with Crippen LogP contribution in [-0.2, 0) is 16.0 Å². The first-order chi connectivity index (χ1) is 8.29. The Morgan fingerprint density at radius 1 is 1.76 bits per heavy atom. The van der Waals surface area contributed by atoms with Crippen LogP contribution in [0.1, 0.15) is 12.1 Å². The highest BCUT2D eigenvalue weighted by molar-refractivity contribution is 5.78. The van der Waals surface area contributed by atoms with Crippen molar-refractivity contribution in [1.29, 1.82) is 0 Å². The van der Waals surface area contributed by atoms with E-state index in [2.05, 4.69) is 16.8 Å². The second kappa shape index (κ2) is 5.63. The summed E-state index contributed by atoms with van der Waals surface area (Å²) in [4.78, 5) is 13.8. The molecular weight excluding hydrogens is 218 g/mol. The molecule has 1 aliphatic rings. The molecule has 1 aliphatic heterocycles. The third-order valence-electron chi connectivity index (χ3n) is 2.85. The van der Waals surface area contributed by atoms with Crippen molar-refractivity contribution >= 4 is 5.91 Å². The van der Waals surface area contributed by atoms with E-state index in [1.165, 1.54) is 0 Å². The lowest BCUT2D eigenvalue weighted by atomic mass is 10.3. The quantitative estimate of drug-likeness (QED) is 0.766. The molecule has 1 fully saturated rings. The third kappa shape index (κ3) is 3.17. The number of nitrogens with zero attached hydrogens (tertiary/aromatic N) is 2. The van der Waals surface area contributed by atoms with Crippen molar-refractivity contribution < 1.29 is 9.53 Å². The van der Waals surface area contributed by atoms with Crippen molar-refractivity contribution in [2.45, 2.75) is 18.9 Å². The first-order valence-corrected chi connectivity index (χ1v) is 5.78. The standard InChI is InChI=1S/C12H17N3O2/c1-2-7-17-11-4-6-15(9-11)12(16)8-10-3-5-13-14-10/h2-3,5,11H,1,4,6-9H2,(H,13,14). The zero-order valence-electron chi connectivity index (χ0n) is 9.76. The summed E-state index contributed by atoms with van der Waals surface area (Å²) in [7, 11) is 0. The molecule has 17 heavy (non-hydrogen) atoms. The number of H-pyrrole nitrogens is 1. The Labute approximate surface area is 100 Å². The summed E-state index contributed by atoms with van der Waals surface area (Å²) in [5, 5.41) is 6.62. The fraction of sp³-hybridized carbons (Fsp3) is 0.500. The van der Waals surface area contributed by atoms with Crippen molar-refractivity contribution in [2.75, 3.05) is 19.7 Å². The van der Waals surface area contributed by atoms with Gasteiger partial charge in [0.1, 0.15) is 0 Å². The van der Waals surface area contributed by atoms with E-state index in [9.17, 15) is 4.79 Å². The van der Waals surface area contributed by atoms with Gasteiger partial charge in [0.2, 0.25) is 5.91 Å². The van der Waals surface area contributed by atoms with E-state index in [0.29, 0.717) is 19.6 Å². The Bertz CT molecular complexity index is 375. The molecule has 2 rings (SSSR count). The van der Waals surface area contributed by atoms with E-state index in [4.69, 9.17) is 4.74 Å². The van der Waals surface area contributed by atoms with Gasteiger partial charge in [-0.3, -0.25) is 9.89 Å². The van der Waals surface area contributed by atoms with Crippen molar-refractivity contribution in [3.05, 3.63) is 30.6 Å². The number of aromatic nitrogens is 2. The average molecular weight is 235 g/mol. The smallest absolute Gasteiger partial charge is 0.228 e. The minimum atomic E-state index is 0.124. The number of rotatable bonds is 5. The zero-order chi connectivity index (χ0) is 12.1. The molecule has 92 valence electrons. The van der Waals surface area contributed by atoms with Crippen molar-refractivity contribution in [2.24, 2.45) is 0 Å². The molecule has 0 radical (unpaired) electrons. The van der Waals surface area contributed by atoms with Crippen LogP contribution in [0.4, 0.5) is 0 Å². The van der Waals surface area contributed by atoms with E-state index in [1.54, 1.807) is 12.3 Å². The molecule has 0 spiro atoms. The number of nitrogens with one attached hydrogen (secondary N) is 1. The fourth-order valence-electron chi connectivity index (χ4n) is 1.95. The van der Waals surface area contributed by atoms with Gasteiger partial charge in [-0.2, -0.15) is 5.10 Å². The SMILES string of the molecule is C=CCOC1CCN(C(=O)Cc2ccn[nH]2)C1. The monoisotopic (exact) mass is 235 g/mol. The number of amides is 1. The predicted molar refractivity (Wildman–Crippen MR) is 63.4 cm³/mol. The molecule has 5 nitrogen and oxygen atoms in total. The number of hydrogen-bond donors (Lipinski definition) is 1. The largest absolute Gasteiger partial charge is 0.372 e. The van der Waals surface area contributed by atoms with E-state index in [-0.39, 0.29) is 12.0 Å². The lowest BCUT2D eigenvalue weighted by molar-refractivity contribution is -0.129. The molecule has 1 aromatic heterocycles. The summed E-state index contributed by atoms with van der Waals surface area (Å²) < 4.78 is 5.54. The predicted octanol–water partition coefficient (Wildman–Crippen LogP) is 0.756. The number of carbonyl (C=O) groups excluding carboxylic acids is 1. The molecule has 0 bridgehead atoms. The number of likely N-dealkylation sites (tertiary alicyclic amines) is 1. The molecule has 0 aliphatic carbocycles. The van der Waals surface area contributed by atoms with Crippen LogP contribution >= 0.6 is 0 Å². The molecule has 0 saturated carbocycles. The van der Waals surface area contributed by atoms with Gasteiger partial charge in [0, 0.05) is 25.0 Å². The summed E-state index contributed by atoms with van der Waals surface area (Å²) >= 11 is 0. The highest BCUT2D eigenvalue weighted by Crippen LogP contribution is 2.14. The molecule has 5 heteroatoms. The second-order valence-corrected chi connectivity index (χ2v) is 4.13. The van der Waals surface area contributed by atoms with Crippen LogP contribution in [0, 0.1) is 0 Å². The third-order valence-corrected chi connectivity index (χ3v) is 2.85. The molecule has 1 atom stereocenters. The van der Waals surface area contributed by atoms with Gasteiger partial charge in [0.05, 0.1) is 19.1 Å². The minimum Gasteiger partial charge on any atom is -0.372 e. The van der Waals surface area contributed by atoms with Gasteiger partial charge in [0.15, 0.2) is 0 Å². The maximum atomic E-state index is 11.9. The van der Waals surface area contributed by atoms with Crippen LogP contribution in [0.25, 0.3) is 0 Å². The highest BCUT2D eigenvalue weighted by Gasteiger charge is 2.26. The van der Waals surface area contributed by atoms with Gasteiger partial charge in [-0.25, -0.2) is 0 Å². The Kier molecular flexibility index (Phi) is 3.93. The van der Waals surface area contributed by atoms with Gasteiger partial charge in [0.25, 0.3) is 0 Å². The van der Waals surface area contributed by atoms with E-state index in [1.807, 2.05) is 11.0 Å². The van der Waals surface area contributed by atoms with E-state index in [0.717, 1.165) is 18.7 Å². The van der Waals surface area contributed by atoms with E-state index < -0.39 is 0 Å². The van der Waals surface area contributed by atoms with Crippen LogP contribution in [0.3, 0.4) is 0 Å². The second-order valence-electron chi connectivity index (χ2n) is 4.13. The molecule has 1 amide bonds. The summed E-state index contributed by atoms with van der Waals surface area (Å²) in [5.41, 5.74) is 0.852. The zero-order valence-corrected chi connectivity index (χ0v) is 9.76. The lowest BCUT2D eigenvalue weighted by Crippen LogP contribution is -2.31. The van der Waals surface area contributed by atoms with Crippen molar-refractivity contribution in [3.8, 4) is 0 Å². The molecule has 1 saturated heterocycles. The molecule has 2 heterocycles. The maximum absolute atomic E-state index is 11.9. The summed E-state index contributed by atoms with van der Waals surface area (Å²) in [5.74, 6) is 0.124. The normalized spacial score (nSPS) is 19.5. The highest BCUT2D eigenvalue weighted by atomic mass is 16.5. The number of ether oxygens (including phenoxy) is 1. The van der Waals surface area contributed by atoms with Crippen LogP contribution in [0.2, 0.25) is 0 Å². The van der Waals surface area contributed by atoms with Crippen LogP contribution in [-0.4, -0.2) is 46.8 Å². The molecule has 1 unspecified atom stereocenters. The van der Waals surface area contributed by atoms with Gasteiger partial charge >= 0.3 is 0 Å². The Balaban J connectivity index is 1.79. The first kappa shape index (κ1) is 11.9. The average Bonchev–Trinajstić information content (AvgIpc) is 2.96. The van der Waals surface area contributed by atoms with Gasteiger partial charge in [-0.1, -0.05) is 6.08 Å². The minimum absolute atomic E-state index is 0.124. The summed E-state index contributed by atoms with van der Waals surface area (Å²) in [6.07, 6.45) is 4.83. The lowest BCUT2D eigenvalue weighted by Gasteiger charge is -2.15. The first-order valence-electron chi connectivity index (χ1n) is 5.78. The van der Waals surface area contributed by atoms with Crippen LogP contribution < -0.4 is 0 Å². The maximum Gasteiger partial charge on any atom is 0.228 e. The van der Waals surface area contributed by atoms with Crippen molar-refractivity contribution in [1.82, 2.24) is 15.1 Å². The van der Waals surface area contributed by atoms with Crippen molar-refractivity contribution in [3.63, 3.8) is 0 Å². The summed E-state index contributed by atoms with van der Waals surface area (Å²) in [6, 6.07) is 1.82. The molecule has 1 N–H and O–H groups in total. The molecule has 0 aromatic carbocycles. The number of hydrogen-bond acceptors (Lipinski definition) is 3. The fourth-order valence-corrected chi connectivity index (χ4v) is 1.95. The van der Waals surface area contributed by atoms with E-state index >= 15 is 0 Å². The Morgan fingerprint density at radius 2 is 2.65 bits per heavy atom. The topological polar surface area (TPSA) is 58.2 Å². The number of carbonyl (C=O) groups is 1. The van der Waals surface area contributed by atoms with Gasteiger partial charge in [-0.15, -0.1) is 6.58 Å². The van der Waals surface area contributed by atoms with Gasteiger partial charge < -0.3 is 9.64 Å². The number of aromatic amines is 1. The Hall–Kier alpha value is -1.62. The van der Waals surface area contributed by atoms with Crippen LogP contribution in [0.5, 0.6) is 0 Å². The van der Waals surface area contributed by atoms with Gasteiger partial charge in [-0.05, 0) is 12.5 Å². The summed E-state index contributed by atoms with van der Waals surface area (Å²) in [6.45, 7) is 5.61. The molecular formula is C12H17N3O2.